The summed E-state index contributed by atoms with van der Waals surface area (Å²) >= 11 is 5.66. The first-order valence-corrected chi connectivity index (χ1v) is 4.88. The fraction of sp³-hybridized carbons (Fsp3) is 0.400. The average molecular weight is 231 g/mol. The summed E-state index contributed by atoms with van der Waals surface area (Å²) in [6.45, 7) is 1.64. The summed E-state index contributed by atoms with van der Waals surface area (Å²) in [7, 11) is 0. The first-order valence-electron chi connectivity index (χ1n) is 4.34. The van der Waals surface area contributed by atoms with Gasteiger partial charge in [0.05, 0.1) is 0 Å². The summed E-state index contributed by atoms with van der Waals surface area (Å²) in [5.41, 5.74) is -0.622. The quantitative estimate of drug-likeness (QED) is 0.723. The van der Waals surface area contributed by atoms with E-state index in [1.165, 1.54) is 12.2 Å². The molecule has 1 unspecified atom stereocenters. The SMILES string of the molecule is CC1=CC=C(C(=O)O)CC1(CCl)C(=O)O. The molecule has 2 N–H and O–H groups in total. The van der Waals surface area contributed by atoms with E-state index in [1.54, 1.807) is 6.92 Å². The zero-order chi connectivity index (χ0) is 11.6. The Balaban J connectivity index is 3.15. The number of allylic oxidation sites excluding steroid dienone is 2. The van der Waals surface area contributed by atoms with Crippen LogP contribution in [0, 0.1) is 5.41 Å². The smallest absolute Gasteiger partial charge is 0.331 e. The summed E-state index contributed by atoms with van der Waals surface area (Å²) < 4.78 is 0. The van der Waals surface area contributed by atoms with Gasteiger partial charge >= 0.3 is 11.9 Å². The molecule has 4 nitrogen and oxygen atoms in total. The van der Waals surface area contributed by atoms with Gasteiger partial charge in [-0.3, -0.25) is 4.79 Å². The van der Waals surface area contributed by atoms with Gasteiger partial charge in [-0.25, -0.2) is 4.79 Å². The molecule has 0 aromatic carbocycles. The summed E-state index contributed by atoms with van der Waals surface area (Å²) in [4.78, 5) is 21.9. The van der Waals surface area contributed by atoms with Gasteiger partial charge in [0.25, 0.3) is 0 Å². The van der Waals surface area contributed by atoms with Gasteiger partial charge < -0.3 is 10.2 Å². The molecule has 0 aromatic rings. The van der Waals surface area contributed by atoms with Gasteiger partial charge in [-0.1, -0.05) is 17.7 Å². The minimum absolute atomic E-state index is 0.0660. The van der Waals surface area contributed by atoms with E-state index in [0.29, 0.717) is 5.57 Å². The molecule has 0 spiro atoms. The van der Waals surface area contributed by atoms with E-state index in [2.05, 4.69) is 0 Å². The molecule has 15 heavy (non-hydrogen) atoms. The Labute approximate surface area is 91.9 Å². The van der Waals surface area contributed by atoms with Crippen molar-refractivity contribution >= 4 is 23.5 Å². The molecule has 0 aliphatic heterocycles. The molecule has 0 heterocycles. The van der Waals surface area contributed by atoms with Crippen LogP contribution in [0.15, 0.2) is 23.3 Å². The number of carboxylic acid groups (broad SMARTS) is 2. The highest BCUT2D eigenvalue weighted by Gasteiger charge is 2.42. The lowest BCUT2D eigenvalue weighted by Gasteiger charge is -2.30. The largest absolute Gasteiger partial charge is 0.481 e. The molecule has 0 radical (unpaired) electrons. The Kier molecular flexibility index (Phi) is 3.19. The lowest BCUT2D eigenvalue weighted by atomic mass is 9.74. The Hall–Kier alpha value is -1.29. The fourth-order valence-corrected chi connectivity index (χ4v) is 1.93. The molecule has 0 aromatic heterocycles. The maximum absolute atomic E-state index is 11.1. The maximum atomic E-state index is 11.1. The normalized spacial score (nSPS) is 25.5. The number of halogens is 1. The van der Waals surface area contributed by atoms with E-state index in [4.69, 9.17) is 21.8 Å². The fourth-order valence-electron chi connectivity index (χ4n) is 1.51. The van der Waals surface area contributed by atoms with Crippen LogP contribution in [0.3, 0.4) is 0 Å². The molecule has 0 saturated heterocycles. The van der Waals surface area contributed by atoms with Crippen molar-refractivity contribution in [2.24, 2.45) is 5.41 Å². The van der Waals surface area contributed by atoms with Gasteiger partial charge in [0.2, 0.25) is 0 Å². The van der Waals surface area contributed by atoms with Gasteiger partial charge in [0.1, 0.15) is 5.41 Å². The molecule has 0 fully saturated rings. The molecule has 0 saturated carbocycles. The Bertz CT molecular complexity index is 370. The zero-order valence-corrected chi connectivity index (χ0v) is 8.91. The molecular weight excluding hydrogens is 220 g/mol. The number of carbonyl (C=O) groups is 2. The number of hydrogen-bond acceptors (Lipinski definition) is 2. The van der Waals surface area contributed by atoms with E-state index < -0.39 is 17.4 Å². The minimum atomic E-state index is -1.27. The summed E-state index contributed by atoms with van der Waals surface area (Å²) in [5, 5.41) is 17.9. The van der Waals surface area contributed by atoms with E-state index in [-0.39, 0.29) is 17.9 Å². The van der Waals surface area contributed by atoms with Crippen molar-refractivity contribution in [2.45, 2.75) is 13.3 Å². The van der Waals surface area contributed by atoms with Crippen LogP contribution in [0.4, 0.5) is 0 Å². The van der Waals surface area contributed by atoms with Crippen molar-refractivity contribution < 1.29 is 19.8 Å². The van der Waals surface area contributed by atoms with E-state index >= 15 is 0 Å². The topological polar surface area (TPSA) is 74.6 Å². The van der Waals surface area contributed by atoms with Crippen LogP contribution in [-0.4, -0.2) is 28.0 Å². The van der Waals surface area contributed by atoms with Gasteiger partial charge in [-0.05, 0) is 6.92 Å². The molecule has 1 aliphatic rings. The van der Waals surface area contributed by atoms with Crippen molar-refractivity contribution in [1.29, 1.82) is 0 Å². The standard InChI is InChI=1S/C10H11ClO4/c1-6-2-3-7(8(12)13)4-10(6,5-11)9(14)15/h2-3H,4-5H2,1H3,(H,12,13)(H,14,15). The van der Waals surface area contributed by atoms with Crippen LogP contribution in [0.2, 0.25) is 0 Å². The van der Waals surface area contributed by atoms with Crippen LogP contribution in [-0.2, 0) is 9.59 Å². The number of alkyl halides is 1. The van der Waals surface area contributed by atoms with Gasteiger partial charge in [0, 0.05) is 17.9 Å². The van der Waals surface area contributed by atoms with Crippen LogP contribution >= 0.6 is 11.6 Å². The second-order valence-corrected chi connectivity index (χ2v) is 3.81. The third kappa shape index (κ3) is 1.90. The highest BCUT2D eigenvalue weighted by atomic mass is 35.5. The molecule has 0 amide bonds. The van der Waals surface area contributed by atoms with Crippen LogP contribution in [0.25, 0.3) is 0 Å². The third-order valence-corrected chi connectivity index (χ3v) is 3.15. The monoisotopic (exact) mass is 230 g/mol. The highest BCUT2D eigenvalue weighted by molar-refractivity contribution is 6.20. The number of rotatable bonds is 3. The predicted octanol–water partition coefficient (Wildman–Crippen LogP) is 1.66. The van der Waals surface area contributed by atoms with Crippen molar-refractivity contribution in [2.75, 3.05) is 5.88 Å². The summed E-state index contributed by atoms with van der Waals surface area (Å²) in [6.07, 6.45) is 2.86. The van der Waals surface area contributed by atoms with E-state index in [0.717, 1.165) is 0 Å². The molecule has 82 valence electrons. The van der Waals surface area contributed by atoms with Crippen molar-refractivity contribution in [1.82, 2.24) is 0 Å². The molecule has 1 rings (SSSR count). The maximum Gasteiger partial charge on any atom is 0.331 e. The number of aliphatic carboxylic acids is 2. The second-order valence-electron chi connectivity index (χ2n) is 3.54. The zero-order valence-electron chi connectivity index (χ0n) is 8.16. The molecule has 1 aliphatic carbocycles. The lowest BCUT2D eigenvalue weighted by molar-refractivity contribution is -0.145. The van der Waals surface area contributed by atoms with Gasteiger partial charge in [-0.15, -0.1) is 11.6 Å². The van der Waals surface area contributed by atoms with E-state index in [1.807, 2.05) is 0 Å². The highest BCUT2D eigenvalue weighted by Crippen LogP contribution is 2.39. The van der Waals surface area contributed by atoms with Crippen molar-refractivity contribution in [3.63, 3.8) is 0 Å². The molecule has 0 bridgehead atoms. The molecule has 1 atom stereocenters. The second kappa shape index (κ2) is 4.06. The predicted molar refractivity (Wildman–Crippen MR) is 54.9 cm³/mol. The lowest BCUT2D eigenvalue weighted by Crippen LogP contribution is -2.37. The summed E-state index contributed by atoms with van der Waals surface area (Å²) in [5.74, 6) is -2.32. The number of hydrogen-bond donors (Lipinski definition) is 2. The molecule has 5 heteroatoms. The third-order valence-electron chi connectivity index (χ3n) is 2.69. The first kappa shape index (κ1) is 11.8. The first-order chi connectivity index (χ1) is 6.94. The molecular formula is C10H11ClO4. The average Bonchev–Trinajstić information content (AvgIpc) is 2.18. The van der Waals surface area contributed by atoms with Crippen LogP contribution < -0.4 is 0 Å². The van der Waals surface area contributed by atoms with Gasteiger partial charge in [0.15, 0.2) is 0 Å². The van der Waals surface area contributed by atoms with Gasteiger partial charge in [-0.2, -0.15) is 0 Å². The minimum Gasteiger partial charge on any atom is -0.481 e. The van der Waals surface area contributed by atoms with E-state index in [9.17, 15) is 9.59 Å². The summed E-state index contributed by atoms with van der Waals surface area (Å²) in [6, 6.07) is 0. The number of carboxylic acids is 2. The van der Waals surface area contributed by atoms with Crippen molar-refractivity contribution in [3.05, 3.63) is 23.3 Å². The Morgan fingerprint density at radius 2 is 2.07 bits per heavy atom. The van der Waals surface area contributed by atoms with Crippen LogP contribution in [0.5, 0.6) is 0 Å². The van der Waals surface area contributed by atoms with Crippen molar-refractivity contribution in [3.8, 4) is 0 Å². The van der Waals surface area contributed by atoms with Crippen LogP contribution in [0.1, 0.15) is 13.3 Å². The Morgan fingerprint density at radius 3 is 2.47 bits per heavy atom. The Morgan fingerprint density at radius 1 is 1.47 bits per heavy atom.